The Bertz CT molecular complexity index is 938. The van der Waals surface area contributed by atoms with Crippen molar-refractivity contribution in [3.63, 3.8) is 0 Å². The van der Waals surface area contributed by atoms with Gasteiger partial charge in [0.25, 0.3) is 0 Å². The summed E-state index contributed by atoms with van der Waals surface area (Å²) in [5.74, 6) is 0. The number of hydrogen-bond acceptors (Lipinski definition) is 2. The zero-order valence-corrected chi connectivity index (χ0v) is 14.7. The molecule has 1 aliphatic carbocycles. The first-order valence-corrected chi connectivity index (χ1v) is 8.59. The van der Waals surface area contributed by atoms with E-state index in [0.717, 1.165) is 17.8 Å². The Morgan fingerprint density at radius 3 is 2.42 bits per heavy atom. The standard InChI is InChI=1S/C22H22N2/c1-5-20-21(24-11-10-23-20)16-13-19-17(12-14(16)2)15-8-6-7-9-18(15)22(19,3)4/h6-13H,5H2,1-4H3. The van der Waals surface area contributed by atoms with Gasteiger partial charge in [0.05, 0.1) is 11.4 Å². The van der Waals surface area contributed by atoms with Crippen molar-refractivity contribution in [1.29, 1.82) is 0 Å². The molecule has 0 N–H and O–H groups in total. The minimum absolute atomic E-state index is 0.0168. The van der Waals surface area contributed by atoms with Crippen LogP contribution in [0, 0.1) is 6.92 Å². The summed E-state index contributed by atoms with van der Waals surface area (Å²) < 4.78 is 0. The van der Waals surface area contributed by atoms with Crippen molar-refractivity contribution in [1.82, 2.24) is 9.97 Å². The molecule has 1 aliphatic rings. The van der Waals surface area contributed by atoms with Crippen molar-refractivity contribution in [2.75, 3.05) is 0 Å². The van der Waals surface area contributed by atoms with Gasteiger partial charge in [-0.25, -0.2) is 0 Å². The van der Waals surface area contributed by atoms with Gasteiger partial charge in [0, 0.05) is 23.4 Å². The van der Waals surface area contributed by atoms with Gasteiger partial charge in [-0.2, -0.15) is 0 Å². The van der Waals surface area contributed by atoms with Gasteiger partial charge in [0.1, 0.15) is 0 Å². The number of aryl methyl sites for hydroxylation is 2. The summed E-state index contributed by atoms with van der Waals surface area (Å²) >= 11 is 0. The minimum Gasteiger partial charge on any atom is -0.257 e. The van der Waals surface area contributed by atoms with E-state index in [1.807, 2.05) is 0 Å². The van der Waals surface area contributed by atoms with Gasteiger partial charge in [-0.1, -0.05) is 51.1 Å². The molecular weight excluding hydrogens is 292 g/mol. The van der Waals surface area contributed by atoms with Crippen LogP contribution >= 0.6 is 0 Å². The van der Waals surface area contributed by atoms with Crippen LogP contribution in [-0.2, 0) is 11.8 Å². The highest BCUT2D eigenvalue weighted by atomic mass is 14.8. The van der Waals surface area contributed by atoms with Crippen LogP contribution in [0.15, 0.2) is 48.8 Å². The van der Waals surface area contributed by atoms with Crippen molar-refractivity contribution in [2.24, 2.45) is 0 Å². The van der Waals surface area contributed by atoms with Gasteiger partial charge in [-0.05, 0) is 47.2 Å². The summed E-state index contributed by atoms with van der Waals surface area (Å²) in [6.45, 7) is 8.94. The lowest BCUT2D eigenvalue weighted by Crippen LogP contribution is -2.15. The Kier molecular flexibility index (Phi) is 3.31. The smallest absolute Gasteiger partial charge is 0.0919 e. The lowest BCUT2D eigenvalue weighted by atomic mass is 9.81. The first kappa shape index (κ1) is 15.1. The molecule has 0 amide bonds. The SMILES string of the molecule is CCc1nccnc1-c1cc2c(cc1C)-c1ccccc1C2(C)C. The second kappa shape index (κ2) is 5.27. The Morgan fingerprint density at radius 2 is 1.62 bits per heavy atom. The summed E-state index contributed by atoms with van der Waals surface area (Å²) in [4.78, 5) is 9.16. The molecule has 2 nitrogen and oxygen atoms in total. The second-order valence-electron chi connectivity index (χ2n) is 7.09. The van der Waals surface area contributed by atoms with Gasteiger partial charge in [0.15, 0.2) is 0 Å². The molecule has 24 heavy (non-hydrogen) atoms. The van der Waals surface area contributed by atoms with Crippen molar-refractivity contribution in [3.05, 3.63) is 71.2 Å². The number of hydrogen-bond donors (Lipinski definition) is 0. The highest BCUT2D eigenvalue weighted by Crippen LogP contribution is 2.50. The second-order valence-corrected chi connectivity index (χ2v) is 7.09. The van der Waals surface area contributed by atoms with E-state index in [4.69, 9.17) is 0 Å². The lowest BCUT2D eigenvalue weighted by molar-refractivity contribution is 0.660. The van der Waals surface area contributed by atoms with E-state index < -0.39 is 0 Å². The van der Waals surface area contributed by atoms with Crippen LogP contribution in [0.2, 0.25) is 0 Å². The van der Waals surface area contributed by atoms with Crippen LogP contribution in [0.25, 0.3) is 22.4 Å². The summed E-state index contributed by atoms with van der Waals surface area (Å²) in [6, 6.07) is 13.4. The van der Waals surface area contributed by atoms with Gasteiger partial charge in [0.2, 0.25) is 0 Å². The van der Waals surface area contributed by atoms with Crippen LogP contribution in [0.4, 0.5) is 0 Å². The van der Waals surface area contributed by atoms with E-state index >= 15 is 0 Å². The van der Waals surface area contributed by atoms with E-state index in [9.17, 15) is 0 Å². The molecule has 2 heteroatoms. The highest BCUT2D eigenvalue weighted by Gasteiger charge is 2.35. The Morgan fingerprint density at radius 1 is 0.875 bits per heavy atom. The van der Waals surface area contributed by atoms with E-state index in [-0.39, 0.29) is 5.41 Å². The fraction of sp³-hybridized carbons (Fsp3) is 0.273. The quantitative estimate of drug-likeness (QED) is 0.639. The third-order valence-corrected chi connectivity index (χ3v) is 5.29. The zero-order valence-electron chi connectivity index (χ0n) is 14.7. The lowest BCUT2D eigenvalue weighted by Gasteiger charge is -2.22. The molecule has 1 aromatic heterocycles. The van der Waals surface area contributed by atoms with Crippen LogP contribution < -0.4 is 0 Å². The monoisotopic (exact) mass is 314 g/mol. The number of fused-ring (bicyclic) bond motifs is 3. The van der Waals surface area contributed by atoms with Gasteiger partial charge in [-0.3, -0.25) is 9.97 Å². The molecule has 0 atom stereocenters. The normalized spacial score (nSPS) is 14.3. The molecule has 3 aromatic rings. The summed E-state index contributed by atoms with van der Waals surface area (Å²) in [7, 11) is 0. The van der Waals surface area contributed by atoms with Crippen molar-refractivity contribution in [2.45, 2.75) is 39.5 Å². The molecule has 0 fully saturated rings. The third-order valence-electron chi connectivity index (χ3n) is 5.29. The largest absolute Gasteiger partial charge is 0.257 e. The average molecular weight is 314 g/mol. The number of rotatable bonds is 2. The highest BCUT2D eigenvalue weighted by molar-refractivity contribution is 5.84. The molecule has 0 spiro atoms. The Hall–Kier alpha value is -2.48. The molecule has 0 bridgehead atoms. The van der Waals surface area contributed by atoms with Gasteiger partial charge >= 0.3 is 0 Å². The maximum atomic E-state index is 4.64. The Balaban J connectivity index is 1.99. The molecule has 2 aromatic carbocycles. The molecule has 120 valence electrons. The summed E-state index contributed by atoms with van der Waals surface area (Å²) in [5.41, 5.74) is 10.1. The van der Waals surface area contributed by atoms with Gasteiger partial charge in [-0.15, -0.1) is 0 Å². The van der Waals surface area contributed by atoms with Crippen molar-refractivity contribution < 1.29 is 0 Å². The minimum atomic E-state index is 0.0168. The molecule has 0 saturated heterocycles. The van der Waals surface area contributed by atoms with Crippen LogP contribution in [0.3, 0.4) is 0 Å². The average Bonchev–Trinajstić information content (AvgIpc) is 2.82. The zero-order chi connectivity index (χ0) is 16.9. The fourth-order valence-electron chi connectivity index (χ4n) is 3.96. The molecule has 0 saturated carbocycles. The third kappa shape index (κ3) is 2.02. The van der Waals surface area contributed by atoms with Gasteiger partial charge < -0.3 is 0 Å². The van der Waals surface area contributed by atoms with E-state index in [1.165, 1.54) is 33.4 Å². The van der Waals surface area contributed by atoms with Crippen LogP contribution in [0.1, 0.15) is 43.2 Å². The van der Waals surface area contributed by atoms with Crippen molar-refractivity contribution in [3.8, 4) is 22.4 Å². The van der Waals surface area contributed by atoms with Crippen LogP contribution in [-0.4, -0.2) is 9.97 Å². The van der Waals surface area contributed by atoms with Crippen LogP contribution in [0.5, 0.6) is 0 Å². The number of aromatic nitrogens is 2. The molecule has 0 radical (unpaired) electrons. The molecule has 0 aliphatic heterocycles. The number of nitrogens with zero attached hydrogens (tertiary/aromatic N) is 2. The van der Waals surface area contributed by atoms with Crippen molar-refractivity contribution >= 4 is 0 Å². The Labute approximate surface area is 143 Å². The molecule has 0 unspecified atom stereocenters. The van der Waals surface area contributed by atoms with E-state index in [0.29, 0.717) is 0 Å². The first-order chi connectivity index (χ1) is 11.5. The molecule has 4 rings (SSSR count). The maximum absolute atomic E-state index is 4.64. The number of benzene rings is 2. The first-order valence-electron chi connectivity index (χ1n) is 8.59. The summed E-state index contributed by atoms with van der Waals surface area (Å²) in [5, 5.41) is 0. The predicted molar refractivity (Wildman–Crippen MR) is 99.1 cm³/mol. The van der Waals surface area contributed by atoms with E-state index in [1.54, 1.807) is 12.4 Å². The molecule has 1 heterocycles. The topological polar surface area (TPSA) is 25.8 Å². The predicted octanol–water partition coefficient (Wildman–Crippen LogP) is 5.32. The van der Waals surface area contributed by atoms with E-state index in [2.05, 4.69) is 74.1 Å². The summed E-state index contributed by atoms with van der Waals surface area (Å²) in [6.07, 6.45) is 4.47. The fourth-order valence-corrected chi connectivity index (χ4v) is 3.96. The molecular formula is C22H22N2. The maximum Gasteiger partial charge on any atom is 0.0919 e.